The molecule has 0 saturated heterocycles. The minimum Gasteiger partial charge on any atom is -0.497 e. The highest BCUT2D eigenvalue weighted by atomic mass is 32.2. The van der Waals surface area contributed by atoms with Crippen molar-refractivity contribution in [3.8, 4) is 17.2 Å². The lowest BCUT2D eigenvalue weighted by molar-refractivity contribution is 0.329. The minimum absolute atomic E-state index is 0.407. The van der Waals surface area contributed by atoms with E-state index >= 15 is 0 Å². The third-order valence-electron chi connectivity index (χ3n) is 4.41. The number of sulfonamides is 1. The van der Waals surface area contributed by atoms with Gasteiger partial charge >= 0.3 is 0 Å². The number of nitrogens with zero attached hydrogens (tertiary/aromatic N) is 2. The van der Waals surface area contributed by atoms with E-state index in [1.54, 1.807) is 26.4 Å². The van der Waals surface area contributed by atoms with Crippen LogP contribution in [0.4, 0.5) is 0 Å². The summed E-state index contributed by atoms with van der Waals surface area (Å²) in [5, 5.41) is 4.40. The Morgan fingerprint density at radius 1 is 1.04 bits per heavy atom. The number of ether oxygens (including phenoxy) is 3. The number of rotatable bonds is 6. The van der Waals surface area contributed by atoms with Crippen molar-refractivity contribution in [1.29, 1.82) is 0 Å². The third kappa shape index (κ3) is 3.71. The number of hydrogen-bond donors (Lipinski definition) is 0. The van der Waals surface area contributed by atoms with E-state index in [4.69, 9.17) is 14.2 Å². The van der Waals surface area contributed by atoms with E-state index < -0.39 is 16.1 Å². The molecule has 0 N–H and O–H groups in total. The predicted molar refractivity (Wildman–Crippen MR) is 103 cm³/mol. The van der Waals surface area contributed by atoms with E-state index in [0.29, 0.717) is 34.9 Å². The van der Waals surface area contributed by atoms with Crippen molar-refractivity contribution in [3.05, 3.63) is 53.6 Å². The Bertz CT molecular complexity index is 972. The van der Waals surface area contributed by atoms with Gasteiger partial charge in [0.1, 0.15) is 5.75 Å². The molecule has 0 radical (unpaired) electrons. The Morgan fingerprint density at radius 2 is 1.78 bits per heavy atom. The van der Waals surface area contributed by atoms with Gasteiger partial charge in [-0.25, -0.2) is 8.42 Å². The van der Waals surface area contributed by atoms with E-state index in [9.17, 15) is 8.42 Å². The minimum atomic E-state index is -3.58. The van der Waals surface area contributed by atoms with Crippen molar-refractivity contribution in [1.82, 2.24) is 4.41 Å². The Labute approximate surface area is 159 Å². The van der Waals surface area contributed by atoms with Gasteiger partial charge in [-0.1, -0.05) is 24.3 Å². The molecule has 8 heteroatoms. The summed E-state index contributed by atoms with van der Waals surface area (Å²) in [5.74, 6) is 1.72. The van der Waals surface area contributed by atoms with Gasteiger partial charge in [-0.2, -0.15) is 9.52 Å². The first-order chi connectivity index (χ1) is 12.9. The van der Waals surface area contributed by atoms with Gasteiger partial charge in [0.15, 0.2) is 11.5 Å². The van der Waals surface area contributed by atoms with Crippen LogP contribution in [0.2, 0.25) is 0 Å². The summed E-state index contributed by atoms with van der Waals surface area (Å²) in [4.78, 5) is 0. The van der Waals surface area contributed by atoms with Gasteiger partial charge in [0.25, 0.3) is 0 Å². The van der Waals surface area contributed by atoms with Crippen LogP contribution in [0.15, 0.2) is 47.6 Å². The van der Waals surface area contributed by atoms with Crippen LogP contribution in [0, 0.1) is 0 Å². The molecular formula is C19H22N2O5S. The van der Waals surface area contributed by atoms with Crippen molar-refractivity contribution in [2.45, 2.75) is 12.5 Å². The van der Waals surface area contributed by atoms with Crippen molar-refractivity contribution in [3.63, 3.8) is 0 Å². The van der Waals surface area contributed by atoms with Gasteiger partial charge in [-0.3, -0.25) is 0 Å². The Morgan fingerprint density at radius 3 is 2.41 bits per heavy atom. The summed E-state index contributed by atoms with van der Waals surface area (Å²) in [7, 11) is 1.08. The fourth-order valence-corrected chi connectivity index (χ4v) is 4.07. The molecule has 1 heterocycles. The molecule has 3 rings (SSSR count). The fourth-order valence-electron chi connectivity index (χ4n) is 3.18. The zero-order valence-electron chi connectivity index (χ0n) is 15.7. The molecule has 1 aliphatic rings. The van der Waals surface area contributed by atoms with E-state index in [1.807, 2.05) is 30.3 Å². The van der Waals surface area contributed by atoms with Crippen LogP contribution in [-0.4, -0.2) is 46.1 Å². The highest BCUT2D eigenvalue weighted by Gasteiger charge is 2.36. The predicted octanol–water partition coefficient (Wildman–Crippen LogP) is 2.82. The van der Waals surface area contributed by atoms with E-state index in [0.717, 1.165) is 16.2 Å². The van der Waals surface area contributed by atoms with E-state index in [1.165, 1.54) is 7.11 Å². The van der Waals surface area contributed by atoms with Crippen molar-refractivity contribution >= 4 is 15.7 Å². The third-order valence-corrected chi connectivity index (χ3v) is 5.42. The SMILES string of the molecule is COc1cccc(C2=NN(S(C)(=O)=O)[C@H](c3cccc(OC)c3OC)C2)c1. The molecule has 0 saturated carbocycles. The highest BCUT2D eigenvalue weighted by molar-refractivity contribution is 7.88. The van der Waals surface area contributed by atoms with Crippen LogP contribution in [0.5, 0.6) is 17.2 Å². The Balaban J connectivity index is 2.07. The van der Waals surface area contributed by atoms with Crippen LogP contribution in [0.25, 0.3) is 0 Å². The molecule has 1 aliphatic heterocycles. The maximum absolute atomic E-state index is 12.4. The first-order valence-corrected chi connectivity index (χ1v) is 10.2. The van der Waals surface area contributed by atoms with E-state index in [-0.39, 0.29) is 0 Å². The van der Waals surface area contributed by atoms with Gasteiger partial charge in [-0.15, -0.1) is 0 Å². The number of hydrogen-bond acceptors (Lipinski definition) is 6. The summed E-state index contributed by atoms with van der Waals surface area (Å²) in [6, 6.07) is 12.3. The van der Waals surface area contributed by atoms with Crippen LogP contribution in [-0.2, 0) is 10.0 Å². The number of para-hydroxylation sites is 1. The zero-order chi connectivity index (χ0) is 19.6. The van der Waals surface area contributed by atoms with Gasteiger partial charge in [-0.05, 0) is 18.2 Å². The van der Waals surface area contributed by atoms with Crippen molar-refractivity contribution in [2.24, 2.45) is 5.10 Å². The van der Waals surface area contributed by atoms with Gasteiger partial charge < -0.3 is 14.2 Å². The number of methoxy groups -OCH3 is 3. The normalized spacial score (nSPS) is 16.8. The molecule has 2 aromatic rings. The molecule has 0 fully saturated rings. The molecule has 0 aliphatic carbocycles. The molecule has 0 unspecified atom stereocenters. The maximum atomic E-state index is 12.4. The summed E-state index contributed by atoms with van der Waals surface area (Å²) in [5.41, 5.74) is 2.17. The Kier molecular flexibility index (Phi) is 5.27. The Hall–Kier alpha value is -2.74. The lowest BCUT2D eigenvalue weighted by atomic mass is 9.98. The van der Waals surface area contributed by atoms with Crippen LogP contribution >= 0.6 is 0 Å². The second-order valence-electron chi connectivity index (χ2n) is 6.12. The van der Waals surface area contributed by atoms with Gasteiger partial charge in [0, 0.05) is 17.5 Å². The second-order valence-corrected chi connectivity index (χ2v) is 7.96. The molecule has 27 heavy (non-hydrogen) atoms. The fraction of sp³-hybridized carbons (Fsp3) is 0.316. The number of hydrazone groups is 1. The average molecular weight is 390 g/mol. The highest BCUT2D eigenvalue weighted by Crippen LogP contribution is 2.42. The van der Waals surface area contributed by atoms with Crippen molar-refractivity contribution < 1.29 is 22.6 Å². The van der Waals surface area contributed by atoms with Gasteiger partial charge in [0.05, 0.1) is 39.3 Å². The molecular weight excluding hydrogens is 368 g/mol. The zero-order valence-corrected chi connectivity index (χ0v) is 16.5. The monoisotopic (exact) mass is 390 g/mol. The smallest absolute Gasteiger partial charge is 0.247 e. The molecule has 7 nitrogen and oxygen atoms in total. The molecule has 0 amide bonds. The largest absolute Gasteiger partial charge is 0.497 e. The van der Waals surface area contributed by atoms with Crippen LogP contribution in [0.1, 0.15) is 23.6 Å². The first kappa shape index (κ1) is 19.0. The van der Waals surface area contributed by atoms with Gasteiger partial charge in [0.2, 0.25) is 10.0 Å². The number of benzene rings is 2. The maximum Gasteiger partial charge on any atom is 0.247 e. The summed E-state index contributed by atoms with van der Waals surface area (Å²) in [6.45, 7) is 0. The second kappa shape index (κ2) is 7.48. The molecule has 0 bridgehead atoms. The molecule has 144 valence electrons. The molecule has 2 aromatic carbocycles. The summed E-state index contributed by atoms with van der Waals surface area (Å²) < 4.78 is 42.0. The quantitative estimate of drug-likeness (QED) is 0.758. The molecule has 0 aromatic heterocycles. The summed E-state index contributed by atoms with van der Waals surface area (Å²) in [6.07, 6.45) is 1.55. The lowest BCUT2D eigenvalue weighted by Crippen LogP contribution is -2.26. The molecule has 1 atom stereocenters. The molecule has 0 spiro atoms. The van der Waals surface area contributed by atoms with Crippen LogP contribution < -0.4 is 14.2 Å². The van der Waals surface area contributed by atoms with Crippen molar-refractivity contribution in [2.75, 3.05) is 27.6 Å². The van der Waals surface area contributed by atoms with Crippen LogP contribution in [0.3, 0.4) is 0 Å². The summed E-state index contributed by atoms with van der Waals surface area (Å²) >= 11 is 0. The first-order valence-electron chi connectivity index (χ1n) is 8.31. The van der Waals surface area contributed by atoms with E-state index in [2.05, 4.69) is 5.10 Å². The lowest BCUT2D eigenvalue weighted by Gasteiger charge is -2.23. The topological polar surface area (TPSA) is 77.4 Å². The average Bonchev–Trinajstić information content (AvgIpc) is 3.13. The standard InChI is InChI=1S/C19H22N2O5S/c1-24-14-8-5-7-13(11-14)16-12-17(21(20-16)27(4,22)23)15-9-6-10-18(25-2)19(15)26-3/h5-11,17H,12H2,1-4H3/t17-/m0/s1.